The van der Waals surface area contributed by atoms with Crippen molar-refractivity contribution in [3.63, 3.8) is 0 Å². The number of pyridine rings is 1. The second-order valence-electron chi connectivity index (χ2n) is 5.68. The fraction of sp³-hybridized carbons (Fsp3) is 0.100. The number of halogens is 2. The molecule has 3 aromatic rings. The maximum Gasteiger partial charge on any atom is 0.274 e. The Bertz CT molecular complexity index is 909. The van der Waals surface area contributed by atoms with Gasteiger partial charge in [-0.1, -0.05) is 18.2 Å². The first kappa shape index (κ1) is 18.3. The number of benzene rings is 2. The van der Waals surface area contributed by atoms with E-state index in [0.29, 0.717) is 12.2 Å². The first-order valence-electron chi connectivity index (χ1n) is 8.15. The van der Waals surface area contributed by atoms with E-state index in [4.69, 9.17) is 4.74 Å². The van der Waals surface area contributed by atoms with Gasteiger partial charge in [-0.15, -0.1) is 0 Å². The zero-order valence-corrected chi connectivity index (χ0v) is 14.5. The third-order valence-electron chi connectivity index (χ3n) is 3.85. The molecule has 1 heterocycles. The van der Waals surface area contributed by atoms with Gasteiger partial charge in [0.25, 0.3) is 5.91 Å². The molecule has 0 atom stereocenters. The van der Waals surface area contributed by atoms with Gasteiger partial charge in [-0.05, 0) is 42.0 Å². The normalized spacial score (nSPS) is 10.3. The van der Waals surface area contributed by atoms with Gasteiger partial charge in [0.1, 0.15) is 28.8 Å². The number of nitrogens with zero attached hydrogens (tertiary/aromatic N) is 1. The number of para-hydroxylation sites is 1. The SMILES string of the molecule is COc1ccc(CNc2ccc(C(=O)Nc3c(F)cccc3F)nc2)cc1. The third-order valence-corrected chi connectivity index (χ3v) is 3.85. The zero-order chi connectivity index (χ0) is 19.2. The van der Waals surface area contributed by atoms with Crippen molar-refractivity contribution in [3.8, 4) is 5.75 Å². The molecule has 1 amide bonds. The Morgan fingerprint density at radius 2 is 1.74 bits per heavy atom. The van der Waals surface area contributed by atoms with Crippen molar-refractivity contribution in [1.29, 1.82) is 0 Å². The fourth-order valence-corrected chi connectivity index (χ4v) is 2.38. The number of carbonyl (C=O) groups excluding carboxylic acids is 1. The minimum atomic E-state index is -0.846. The molecular weight excluding hydrogens is 352 g/mol. The highest BCUT2D eigenvalue weighted by Gasteiger charge is 2.14. The number of methoxy groups -OCH3 is 1. The quantitative estimate of drug-likeness (QED) is 0.682. The summed E-state index contributed by atoms with van der Waals surface area (Å²) in [7, 11) is 1.61. The van der Waals surface area contributed by atoms with Crippen LogP contribution in [0.2, 0.25) is 0 Å². The molecule has 27 heavy (non-hydrogen) atoms. The van der Waals surface area contributed by atoms with Crippen LogP contribution in [-0.4, -0.2) is 18.0 Å². The molecule has 138 valence electrons. The van der Waals surface area contributed by atoms with Crippen molar-refractivity contribution >= 4 is 17.3 Å². The summed E-state index contributed by atoms with van der Waals surface area (Å²) in [6, 6.07) is 14.1. The van der Waals surface area contributed by atoms with Gasteiger partial charge in [0.15, 0.2) is 0 Å². The molecule has 0 unspecified atom stereocenters. The summed E-state index contributed by atoms with van der Waals surface area (Å²) in [5, 5.41) is 5.38. The number of amides is 1. The van der Waals surface area contributed by atoms with E-state index in [9.17, 15) is 13.6 Å². The highest BCUT2D eigenvalue weighted by molar-refractivity contribution is 6.03. The second-order valence-corrected chi connectivity index (χ2v) is 5.68. The standard InChI is InChI=1S/C20H17F2N3O2/c1-27-15-8-5-13(6-9-15)11-23-14-7-10-18(24-12-14)20(26)25-19-16(21)3-2-4-17(19)22/h2-10,12,23H,11H2,1H3,(H,25,26). The average Bonchev–Trinajstić information content (AvgIpc) is 2.70. The summed E-state index contributed by atoms with van der Waals surface area (Å²) in [5.41, 5.74) is 1.31. The summed E-state index contributed by atoms with van der Waals surface area (Å²) in [6.07, 6.45) is 1.48. The van der Waals surface area contributed by atoms with Crippen molar-refractivity contribution in [2.24, 2.45) is 0 Å². The number of ether oxygens (including phenoxy) is 1. The molecule has 0 bridgehead atoms. The van der Waals surface area contributed by atoms with E-state index in [1.807, 2.05) is 24.3 Å². The molecule has 0 radical (unpaired) electrons. The number of rotatable bonds is 6. The summed E-state index contributed by atoms with van der Waals surface area (Å²) in [5.74, 6) is -1.61. The number of nitrogens with one attached hydrogen (secondary N) is 2. The third kappa shape index (κ3) is 4.58. The van der Waals surface area contributed by atoms with Crippen molar-refractivity contribution in [2.75, 3.05) is 17.7 Å². The largest absolute Gasteiger partial charge is 0.497 e. The number of carbonyl (C=O) groups is 1. The van der Waals surface area contributed by atoms with Gasteiger partial charge < -0.3 is 15.4 Å². The predicted molar refractivity (Wildman–Crippen MR) is 98.9 cm³/mol. The summed E-state index contributed by atoms with van der Waals surface area (Å²) >= 11 is 0. The van der Waals surface area contributed by atoms with Gasteiger partial charge in [-0.3, -0.25) is 4.79 Å². The molecule has 5 nitrogen and oxygen atoms in total. The summed E-state index contributed by atoms with van der Waals surface area (Å²) in [4.78, 5) is 16.2. The lowest BCUT2D eigenvalue weighted by molar-refractivity contribution is 0.102. The van der Waals surface area contributed by atoms with Crippen LogP contribution in [0.1, 0.15) is 16.1 Å². The van der Waals surface area contributed by atoms with E-state index in [1.165, 1.54) is 18.3 Å². The van der Waals surface area contributed by atoms with Gasteiger partial charge in [-0.2, -0.15) is 0 Å². The fourth-order valence-electron chi connectivity index (χ4n) is 2.38. The molecule has 0 aliphatic rings. The van der Waals surface area contributed by atoms with Crippen molar-refractivity contribution in [2.45, 2.75) is 6.54 Å². The molecule has 0 aliphatic heterocycles. The van der Waals surface area contributed by atoms with E-state index in [2.05, 4.69) is 15.6 Å². The number of aromatic nitrogens is 1. The molecule has 7 heteroatoms. The maximum absolute atomic E-state index is 13.6. The first-order chi connectivity index (χ1) is 13.1. The van der Waals surface area contributed by atoms with Gasteiger partial charge in [0, 0.05) is 6.54 Å². The molecular formula is C20H17F2N3O2. The number of anilines is 2. The van der Waals surface area contributed by atoms with Crippen LogP contribution in [0, 0.1) is 11.6 Å². The van der Waals surface area contributed by atoms with Crippen LogP contribution in [0.25, 0.3) is 0 Å². The highest BCUT2D eigenvalue weighted by atomic mass is 19.1. The highest BCUT2D eigenvalue weighted by Crippen LogP contribution is 2.19. The Morgan fingerprint density at radius 1 is 1.04 bits per heavy atom. The minimum absolute atomic E-state index is 0.0488. The Hall–Kier alpha value is -3.48. The molecule has 3 rings (SSSR count). The van der Waals surface area contributed by atoms with Crippen LogP contribution >= 0.6 is 0 Å². The monoisotopic (exact) mass is 369 g/mol. The van der Waals surface area contributed by atoms with E-state index in [1.54, 1.807) is 13.2 Å². The molecule has 0 spiro atoms. The lowest BCUT2D eigenvalue weighted by Crippen LogP contribution is -2.15. The Kier molecular flexibility index (Phi) is 5.61. The predicted octanol–water partition coefficient (Wildman–Crippen LogP) is 4.23. The van der Waals surface area contributed by atoms with Crippen molar-refractivity contribution in [3.05, 3.63) is 83.7 Å². The van der Waals surface area contributed by atoms with Gasteiger partial charge >= 0.3 is 0 Å². The number of hydrogen-bond donors (Lipinski definition) is 2. The van der Waals surface area contributed by atoms with Crippen LogP contribution in [0.15, 0.2) is 60.8 Å². The van der Waals surface area contributed by atoms with E-state index in [-0.39, 0.29) is 5.69 Å². The second kappa shape index (κ2) is 8.27. The maximum atomic E-state index is 13.6. The molecule has 1 aromatic heterocycles. The lowest BCUT2D eigenvalue weighted by atomic mass is 10.2. The average molecular weight is 369 g/mol. The van der Waals surface area contributed by atoms with Crippen LogP contribution in [-0.2, 0) is 6.54 Å². The van der Waals surface area contributed by atoms with Gasteiger partial charge in [0.2, 0.25) is 0 Å². The minimum Gasteiger partial charge on any atom is -0.497 e. The Morgan fingerprint density at radius 3 is 2.33 bits per heavy atom. The molecule has 0 saturated heterocycles. The van der Waals surface area contributed by atoms with Crippen molar-refractivity contribution in [1.82, 2.24) is 4.98 Å². The molecule has 0 aliphatic carbocycles. The molecule has 0 fully saturated rings. The van der Waals surface area contributed by atoms with Crippen LogP contribution in [0.3, 0.4) is 0 Å². The molecule has 2 N–H and O–H groups in total. The smallest absolute Gasteiger partial charge is 0.274 e. The van der Waals surface area contributed by atoms with Gasteiger partial charge in [-0.25, -0.2) is 13.8 Å². The van der Waals surface area contributed by atoms with E-state index < -0.39 is 23.2 Å². The van der Waals surface area contributed by atoms with Crippen LogP contribution in [0.5, 0.6) is 5.75 Å². The van der Waals surface area contributed by atoms with Crippen LogP contribution < -0.4 is 15.4 Å². The molecule has 0 saturated carbocycles. The summed E-state index contributed by atoms with van der Waals surface area (Å²) < 4.78 is 32.3. The van der Waals surface area contributed by atoms with E-state index >= 15 is 0 Å². The first-order valence-corrected chi connectivity index (χ1v) is 8.15. The lowest BCUT2D eigenvalue weighted by Gasteiger charge is -2.09. The Labute approximate surface area is 155 Å². The van der Waals surface area contributed by atoms with Gasteiger partial charge in [0.05, 0.1) is 19.0 Å². The van der Waals surface area contributed by atoms with E-state index in [0.717, 1.165) is 23.4 Å². The molecule has 2 aromatic carbocycles. The topological polar surface area (TPSA) is 63.2 Å². The zero-order valence-electron chi connectivity index (χ0n) is 14.5. The Balaban J connectivity index is 1.61. The number of hydrogen-bond acceptors (Lipinski definition) is 4. The summed E-state index contributed by atoms with van der Waals surface area (Å²) in [6.45, 7) is 0.567. The van der Waals surface area contributed by atoms with Crippen molar-refractivity contribution < 1.29 is 18.3 Å². The van der Waals surface area contributed by atoms with Crippen LogP contribution in [0.4, 0.5) is 20.2 Å².